The molecule has 1 N–H and O–H groups in total. The first-order valence-electron chi connectivity index (χ1n) is 3.45. The number of carbonyl (C=O) groups is 1. The Kier molecular flexibility index (Phi) is 2.00. The Morgan fingerprint density at radius 1 is 1.75 bits per heavy atom. The van der Waals surface area contributed by atoms with E-state index in [1.165, 1.54) is 6.92 Å². The highest BCUT2D eigenvalue weighted by Gasteiger charge is 2.45. The zero-order chi connectivity index (χ0) is 9.35. The summed E-state index contributed by atoms with van der Waals surface area (Å²) in [5.41, 5.74) is -2.60. The number of allylic oxidation sites excluding steroid dienone is 3. The highest BCUT2D eigenvalue weighted by molar-refractivity contribution is 5.81. The molecule has 0 saturated heterocycles. The van der Waals surface area contributed by atoms with Gasteiger partial charge >= 0.3 is 5.97 Å². The number of carboxylic acid groups (broad SMARTS) is 1. The van der Waals surface area contributed by atoms with Crippen LogP contribution in [0.15, 0.2) is 24.1 Å². The van der Waals surface area contributed by atoms with Crippen molar-refractivity contribution < 1.29 is 18.7 Å². The molecule has 4 heteroatoms. The maximum Gasteiger partial charge on any atom is 0.346 e. The number of hydrogen-bond donors (Lipinski definition) is 1. The first kappa shape index (κ1) is 8.90. The second-order valence-electron chi connectivity index (χ2n) is 2.71. The minimum absolute atomic E-state index is 0.748. The van der Waals surface area contributed by atoms with Crippen molar-refractivity contribution in [3.05, 3.63) is 24.1 Å². The molecule has 2 atom stereocenters. The Morgan fingerprint density at radius 2 is 2.33 bits per heavy atom. The van der Waals surface area contributed by atoms with Crippen LogP contribution in [0.2, 0.25) is 0 Å². The molecule has 1 aliphatic carbocycles. The average molecular weight is 174 g/mol. The zero-order valence-electron chi connectivity index (χ0n) is 6.42. The SMILES string of the molecule is CC1C(F)=CC=CC1(F)C(=O)O. The number of rotatable bonds is 1. The van der Waals surface area contributed by atoms with Gasteiger partial charge in [-0.2, -0.15) is 0 Å². The monoisotopic (exact) mass is 174 g/mol. The number of aliphatic carboxylic acids is 1. The summed E-state index contributed by atoms with van der Waals surface area (Å²) in [5.74, 6) is -3.66. The van der Waals surface area contributed by atoms with Crippen molar-refractivity contribution in [2.24, 2.45) is 5.92 Å². The van der Waals surface area contributed by atoms with E-state index in [1.807, 2.05) is 0 Å². The first-order valence-corrected chi connectivity index (χ1v) is 3.45. The van der Waals surface area contributed by atoms with Crippen molar-refractivity contribution >= 4 is 5.97 Å². The third-order valence-electron chi connectivity index (χ3n) is 1.97. The molecule has 0 aromatic carbocycles. The lowest BCUT2D eigenvalue weighted by molar-refractivity contribution is -0.150. The minimum Gasteiger partial charge on any atom is -0.479 e. The highest BCUT2D eigenvalue weighted by atomic mass is 19.2. The molecule has 0 saturated carbocycles. The van der Waals surface area contributed by atoms with E-state index in [9.17, 15) is 13.6 Å². The van der Waals surface area contributed by atoms with Gasteiger partial charge in [0, 0.05) is 0 Å². The molecule has 0 aromatic heterocycles. The molecule has 12 heavy (non-hydrogen) atoms. The van der Waals surface area contributed by atoms with E-state index < -0.39 is 23.4 Å². The molecule has 0 heterocycles. The second kappa shape index (κ2) is 2.69. The summed E-state index contributed by atoms with van der Waals surface area (Å²) in [6.07, 6.45) is 2.98. The smallest absolute Gasteiger partial charge is 0.346 e. The predicted octanol–water partition coefficient (Wildman–Crippen LogP) is 1.84. The fourth-order valence-corrected chi connectivity index (χ4v) is 1.03. The summed E-state index contributed by atoms with van der Waals surface area (Å²) in [7, 11) is 0. The lowest BCUT2D eigenvalue weighted by Gasteiger charge is -2.24. The number of halogens is 2. The molecule has 0 aliphatic heterocycles. The van der Waals surface area contributed by atoms with E-state index in [-0.39, 0.29) is 0 Å². The maximum atomic E-state index is 13.4. The van der Waals surface area contributed by atoms with Gasteiger partial charge in [0.25, 0.3) is 0 Å². The van der Waals surface area contributed by atoms with Crippen molar-refractivity contribution in [1.29, 1.82) is 0 Å². The minimum atomic E-state index is -2.60. The molecular formula is C8H8F2O2. The first-order chi connectivity index (χ1) is 5.48. The molecular weight excluding hydrogens is 166 g/mol. The van der Waals surface area contributed by atoms with Gasteiger partial charge in [0.1, 0.15) is 5.83 Å². The summed E-state index contributed by atoms with van der Waals surface area (Å²) in [4.78, 5) is 10.4. The van der Waals surface area contributed by atoms with Crippen molar-refractivity contribution in [3.63, 3.8) is 0 Å². The van der Waals surface area contributed by atoms with E-state index >= 15 is 0 Å². The van der Waals surface area contributed by atoms with E-state index in [0.717, 1.165) is 18.2 Å². The molecule has 2 nitrogen and oxygen atoms in total. The molecule has 0 fully saturated rings. The Labute approximate surface area is 68.2 Å². The summed E-state index contributed by atoms with van der Waals surface area (Å²) in [6, 6.07) is 0. The lowest BCUT2D eigenvalue weighted by Crippen LogP contribution is -2.39. The zero-order valence-corrected chi connectivity index (χ0v) is 6.42. The molecule has 0 radical (unpaired) electrons. The van der Waals surface area contributed by atoms with Crippen molar-refractivity contribution in [3.8, 4) is 0 Å². The Bertz CT molecular complexity index is 270. The third-order valence-corrected chi connectivity index (χ3v) is 1.97. The Morgan fingerprint density at radius 3 is 2.75 bits per heavy atom. The van der Waals surface area contributed by atoms with Crippen LogP contribution in [0.3, 0.4) is 0 Å². The predicted molar refractivity (Wildman–Crippen MR) is 39.0 cm³/mol. The van der Waals surface area contributed by atoms with E-state index in [4.69, 9.17) is 5.11 Å². The van der Waals surface area contributed by atoms with Crippen LogP contribution in [0.25, 0.3) is 0 Å². The standard InChI is InChI=1S/C8H8F2O2/c1-5-6(9)3-2-4-8(5,10)7(11)12/h2-5H,1H3,(H,11,12). The fraction of sp³-hybridized carbons (Fsp3) is 0.375. The van der Waals surface area contributed by atoms with Gasteiger partial charge in [0.15, 0.2) is 0 Å². The van der Waals surface area contributed by atoms with E-state index in [0.29, 0.717) is 0 Å². The fourth-order valence-electron chi connectivity index (χ4n) is 1.03. The van der Waals surface area contributed by atoms with Crippen LogP contribution in [0.5, 0.6) is 0 Å². The van der Waals surface area contributed by atoms with Crippen molar-refractivity contribution in [1.82, 2.24) is 0 Å². The van der Waals surface area contributed by atoms with Gasteiger partial charge in [-0.25, -0.2) is 13.6 Å². The number of carboxylic acids is 1. The summed E-state index contributed by atoms with van der Waals surface area (Å²) >= 11 is 0. The second-order valence-corrected chi connectivity index (χ2v) is 2.71. The van der Waals surface area contributed by atoms with Crippen LogP contribution in [0.1, 0.15) is 6.92 Å². The van der Waals surface area contributed by atoms with E-state index in [2.05, 4.69) is 0 Å². The Hall–Kier alpha value is -1.19. The number of hydrogen-bond acceptors (Lipinski definition) is 1. The highest BCUT2D eigenvalue weighted by Crippen LogP contribution is 2.34. The largest absolute Gasteiger partial charge is 0.479 e. The van der Waals surface area contributed by atoms with E-state index in [1.54, 1.807) is 0 Å². The molecule has 0 bridgehead atoms. The molecule has 0 aromatic rings. The molecule has 66 valence electrons. The van der Waals surface area contributed by atoms with Gasteiger partial charge in [-0.3, -0.25) is 0 Å². The van der Waals surface area contributed by atoms with Crippen LogP contribution in [0.4, 0.5) is 8.78 Å². The quantitative estimate of drug-likeness (QED) is 0.658. The molecule has 1 rings (SSSR count). The van der Waals surface area contributed by atoms with Crippen molar-refractivity contribution in [2.45, 2.75) is 12.6 Å². The normalized spacial score (nSPS) is 34.6. The Balaban J connectivity index is 3.03. The van der Waals surface area contributed by atoms with Crippen molar-refractivity contribution in [2.75, 3.05) is 0 Å². The summed E-state index contributed by atoms with van der Waals surface area (Å²) in [5, 5.41) is 8.47. The maximum absolute atomic E-state index is 13.4. The third kappa shape index (κ3) is 1.13. The molecule has 0 spiro atoms. The van der Waals surface area contributed by atoms with Crippen LogP contribution in [-0.4, -0.2) is 16.7 Å². The van der Waals surface area contributed by atoms with Gasteiger partial charge in [0.05, 0.1) is 5.92 Å². The number of alkyl halides is 1. The van der Waals surface area contributed by atoms with Crippen LogP contribution < -0.4 is 0 Å². The van der Waals surface area contributed by atoms with Crippen LogP contribution in [0, 0.1) is 5.92 Å². The van der Waals surface area contributed by atoms with Gasteiger partial charge < -0.3 is 5.11 Å². The summed E-state index contributed by atoms with van der Waals surface area (Å²) < 4.78 is 26.1. The van der Waals surface area contributed by atoms with Gasteiger partial charge in [-0.15, -0.1) is 0 Å². The van der Waals surface area contributed by atoms with Crippen LogP contribution >= 0.6 is 0 Å². The topological polar surface area (TPSA) is 37.3 Å². The summed E-state index contributed by atoms with van der Waals surface area (Å²) in [6.45, 7) is 1.20. The molecule has 1 aliphatic rings. The molecule has 0 amide bonds. The van der Waals surface area contributed by atoms with Gasteiger partial charge in [0.2, 0.25) is 5.67 Å². The average Bonchev–Trinajstić information content (AvgIpc) is 2.00. The molecule has 2 unspecified atom stereocenters. The van der Waals surface area contributed by atoms with Crippen LogP contribution in [-0.2, 0) is 4.79 Å². The lowest BCUT2D eigenvalue weighted by atomic mass is 9.86. The van der Waals surface area contributed by atoms with Gasteiger partial charge in [-0.05, 0) is 12.2 Å². The van der Waals surface area contributed by atoms with Gasteiger partial charge in [-0.1, -0.05) is 13.0 Å².